The first-order valence-electron chi connectivity index (χ1n) is 8.46. The molecule has 1 atom stereocenters. The molecule has 7 heteroatoms. The van der Waals surface area contributed by atoms with Crippen LogP contribution < -0.4 is 5.32 Å². The normalized spacial score (nSPS) is 17.0. The van der Waals surface area contributed by atoms with Gasteiger partial charge in [-0.2, -0.15) is 0 Å². The minimum atomic E-state index is -0.448. The molecule has 1 saturated heterocycles. The van der Waals surface area contributed by atoms with E-state index >= 15 is 0 Å². The predicted octanol–water partition coefficient (Wildman–Crippen LogP) is 4.51. The van der Waals surface area contributed by atoms with Crippen molar-refractivity contribution in [1.82, 2.24) is 9.88 Å². The summed E-state index contributed by atoms with van der Waals surface area (Å²) in [6.07, 6.45) is 3.60. The number of hydrogen-bond donors (Lipinski definition) is 1. The average Bonchev–Trinajstić information content (AvgIpc) is 2.64. The van der Waals surface area contributed by atoms with Crippen molar-refractivity contribution in [3.63, 3.8) is 0 Å². The third-order valence-corrected chi connectivity index (χ3v) is 4.93. The number of rotatable bonds is 3. The maximum absolute atomic E-state index is 12.7. The minimum absolute atomic E-state index is 0.0752. The van der Waals surface area contributed by atoms with Crippen molar-refractivity contribution < 1.29 is 9.59 Å². The number of anilines is 1. The van der Waals surface area contributed by atoms with Crippen molar-refractivity contribution in [3.8, 4) is 0 Å². The van der Waals surface area contributed by atoms with E-state index in [1.807, 2.05) is 4.90 Å². The fourth-order valence-electron chi connectivity index (χ4n) is 3.02. The molecular weight excluding hydrogens is 373 g/mol. The Morgan fingerprint density at radius 1 is 1.23 bits per heavy atom. The Labute approximate surface area is 162 Å². The van der Waals surface area contributed by atoms with E-state index in [0.717, 1.165) is 25.9 Å². The van der Waals surface area contributed by atoms with E-state index < -0.39 is 5.91 Å². The molecule has 1 aliphatic heterocycles. The van der Waals surface area contributed by atoms with Crippen LogP contribution in [0.4, 0.5) is 5.69 Å². The van der Waals surface area contributed by atoms with Gasteiger partial charge in [0, 0.05) is 29.9 Å². The average molecular weight is 392 g/mol. The lowest BCUT2D eigenvalue weighted by molar-refractivity contribution is 0.0683. The second kappa shape index (κ2) is 8.06. The lowest BCUT2D eigenvalue weighted by Crippen LogP contribution is -2.39. The monoisotopic (exact) mass is 391 g/mol. The molecule has 0 bridgehead atoms. The van der Waals surface area contributed by atoms with Crippen molar-refractivity contribution in [2.45, 2.75) is 19.8 Å². The molecule has 136 valence electrons. The van der Waals surface area contributed by atoms with Gasteiger partial charge < -0.3 is 10.2 Å². The summed E-state index contributed by atoms with van der Waals surface area (Å²) in [5.74, 6) is -0.0353. The molecule has 1 N–H and O–H groups in total. The van der Waals surface area contributed by atoms with Crippen LogP contribution in [0.15, 0.2) is 36.5 Å². The number of aromatic nitrogens is 1. The predicted molar refractivity (Wildman–Crippen MR) is 103 cm³/mol. The molecule has 3 rings (SSSR count). The van der Waals surface area contributed by atoms with Gasteiger partial charge in [-0.15, -0.1) is 0 Å². The molecule has 26 heavy (non-hydrogen) atoms. The summed E-state index contributed by atoms with van der Waals surface area (Å²) >= 11 is 12.0. The molecule has 0 spiro atoms. The van der Waals surface area contributed by atoms with Gasteiger partial charge in [0.15, 0.2) is 0 Å². The first kappa shape index (κ1) is 18.7. The van der Waals surface area contributed by atoms with Crippen molar-refractivity contribution in [3.05, 3.63) is 57.8 Å². The number of nitrogens with one attached hydrogen (secondary N) is 1. The topological polar surface area (TPSA) is 62.3 Å². The number of hydrogen-bond acceptors (Lipinski definition) is 3. The number of nitrogens with zero attached hydrogens (tertiary/aromatic N) is 2. The number of benzene rings is 1. The van der Waals surface area contributed by atoms with Gasteiger partial charge in [0.05, 0.1) is 10.7 Å². The van der Waals surface area contributed by atoms with Crippen molar-refractivity contribution in [2.75, 3.05) is 18.4 Å². The number of halogens is 2. The molecule has 2 heterocycles. The lowest BCUT2D eigenvalue weighted by atomic mass is 9.99. The molecule has 1 aliphatic rings. The molecular formula is C19H19Cl2N3O2. The molecule has 5 nitrogen and oxygen atoms in total. The van der Waals surface area contributed by atoms with Gasteiger partial charge in [0.25, 0.3) is 11.8 Å². The van der Waals surface area contributed by atoms with Crippen LogP contribution in [-0.2, 0) is 0 Å². The number of piperidine rings is 1. The number of carbonyl (C=O) groups is 2. The molecule has 1 aromatic heterocycles. The van der Waals surface area contributed by atoms with Crippen molar-refractivity contribution in [1.29, 1.82) is 0 Å². The fourth-order valence-corrected chi connectivity index (χ4v) is 3.36. The van der Waals surface area contributed by atoms with Crippen LogP contribution in [0.25, 0.3) is 0 Å². The van der Waals surface area contributed by atoms with Crippen molar-refractivity contribution in [2.24, 2.45) is 5.92 Å². The summed E-state index contributed by atoms with van der Waals surface area (Å²) in [4.78, 5) is 31.1. The summed E-state index contributed by atoms with van der Waals surface area (Å²) < 4.78 is 0. The van der Waals surface area contributed by atoms with Crippen LogP contribution >= 0.6 is 23.2 Å². The van der Waals surface area contributed by atoms with Crippen LogP contribution in [-0.4, -0.2) is 34.8 Å². The third kappa shape index (κ3) is 4.34. The van der Waals surface area contributed by atoms with Crippen molar-refractivity contribution >= 4 is 40.7 Å². The highest BCUT2D eigenvalue weighted by Crippen LogP contribution is 2.26. The summed E-state index contributed by atoms with van der Waals surface area (Å²) in [7, 11) is 0. The second-order valence-corrected chi connectivity index (χ2v) is 7.35. The molecule has 0 aliphatic carbocycles. The lowest BCUT2D eigenvalue weighted by Gasteiger charge is -2.31. The zero-order chi connectivity index (χ0) is 18.7. The van der Waals surface area contributed by atoms with E-state index in [4.69, 9.17) is 23.2 Å². The minimum Gasteiger partial charge on any atom is -0.338 e. The van der Waals surface area contributed by atoms with E-state index in [1.165, 1.54) is 12.3 Å². The molecule has 1 unspecified atom stereocenters. The molecule has 2 aromatic rings. The first-order valence-corrected chi connectivity index (χ1v) is 9.21. The Morgan fingerprint density at radius 3 is 2.81 bits per heavy atom. The van der Waals surface area contributed by atoms with Gasteiger partial charge in [0.1, 0.15) is 5.69 Å². The smallest absolute Gasteiger partial charge is 0.274 e. The number of amides is 2. The molecule has 1 fully saturated rings. The Kier molecular flexibility index (Phi) is 5.79. The highest BCUT2D eigenvalue weighted by Gasteiger charge is 2.23. The summed E-state index contributed by atoms with van der Waals surface area (Å²) in [5, 5.41) is 3.51. The Hall–Kier alpha value is -2.11. The largest absolute Gasteiger partial charge is 0.338 e. The van der Waals surface area contributed by atoms with Crippen LogP contribution in [0.5, 0.6) is 0 Å². The van der Waals surface area contributed by atoms with Crippen LogP contribution in [0, 0.1) is 5.92 Å². The van der Waals surface area contributed by atoms with Gasteiger partial charge in [0.2, 0.25) is 0 Å². The second-order valence-electron chi connectivity index (χ2n) is 6.51. The van der Waals surface area contributed by atoms with Gasteiger partial charge in [-0.1, -0.05) is 30.1 Å². The molecule has 0 radical (unpaired) electrons. The Morgan fingerprint density at radius 2 is 2.04 bits per heavy atom. The van der Waals surface area contributed by atoms with Crippen LogP contribution in [0.1, 0.15) is 40.6 Å². The standard InChI is InChI=1S/C19H19Cl2N3O2/c1-12-3-2-8-24(11-12)19(26)13-6-7-22-17(9-13)18(25)23-16-10-14(20)4-5-15(16)21/h4-7,9-10,12H,2-3,8,11H2,1H3,(H,23,25). The van der Waals surface area contributed by atoms with Gasteiger partial charge >= 0.3 is 0 Å². The van der Waals surface area contributed by atoms with Crippen LogP contribution in [0.2, 0.25) is 10.0 Å². The summed E-state index contributed by atoms with van der Waals surface area (Å²) in [5.41, 5.74) is 1.00. The van der Waals surface area contributed by atoms with E-state index in [-0.39, 0.29) is 11.6 Å². The quantitative estimate of drug-likeness (QED) is 0.836. The maximum atomic E-state index is 12.7. The highest BCUT2D eigenvalue weighted by molar-refractivity contribution is 6.35. The first-order chi connectivity index (χ1) is 12.4. The Balaban J connectivity index is 1.77. The summed E-state index contributed by atoms with van der Waals surface area (Å²) in [6.45, 7) is 3.62. The Bertz CT molecular complexity index is 841. The van der Waals surface area contributed by atoms with E-state index in [9.17, 15) is 9.59 Å². The number of likely N-dealkylation sites (tertiary alicyclic amines) is 1. The van der Waals surface area contributed by atoms with E-state index in [2.05, 4.69) is 17.2 Å². The SMILES string of the molecule is CC1CCCN(C(=O)c2ccnc(C(=O)Nc3cc(Cl)ccc3Cl)c2)C1. The fraction of sp³-hybridized carbons (Fsp3) is 0.316. The third-order valence-electron chi connectivity index (χ3n) is 4.36. The number of pyridine rings is 1. The molecule has 2 amide bonds. The molecule has 1 aromatic carbocycles. The molecule has 0 saturated carbocycles. The number of carbonyl (C=O) groups excluding carboxylic acids is 2. The zero-order valence-corrected chi connectivity index (χ0v) is 15.8. The van der Waals surface area contributed by atoms with E-state index in [0.29, 0.717) is 27.2 Å². The summed E-state index contributed by atoms with van der Waals surface area (Å²) in [6, 6.07) is 7.94. The van der Waals surface area contributed by atoms with Gasteiger partial charge in [-0.05, 0) is 49.1 Å². The van der Waals surface area contributed by atoms with Gasteiger partial charge in [-0.3, -0.25) is 14.6 Å². The van der Waals surface area contributed by atoms with Crippen LogP contribution in [0.3, 0.4) is 0 Å². The maximum Gasteiger partial charge on any atom is 0.274 e. The van der Waals surface area contributed by atoms with Gasteiger partial charge in [-0.25, -0.2) is 0 Å². The zero-order valence-electron chi connectivity index (χ0n) is 14.3. The van der Waals surface area contributed by atoms with E-state index in [1.54, 1.807) is 24.3 Å². The highest BCUT2D eigenvalue weighted by atomic mass is 35.5.